The minimum absolute atomic E-state index is 0.0818. The fourth-order valence-electron chi connectivity index (χ4n) is 1.64. The van der Waals surface area contributed by atoms with E-state index in [9.17, 15) is 14.3 Å². The predicted octanol–water partition coefficient (Wildman–Crippen LogP) is 2.50. The maximum absolute atomic E-state index is 12.9. The Morgan fingerprint density at radius 2 is 2.16 bits per heavy atom. The van der Waals surface area contributed by atoms with Crippen molar-refractivity contribution in [2.75, 3.05) is 5.32 Å². The quantitative estimate of drug-likeness (QED) is 0.887. The molecule has 19 heavy (non-hydrogen) atoms. The maximum atomic E-state index is 12.9. The number of pyridine rings is 1. The maximum Gasteiger partial charge on any atom is 0.225 e. The van der Waals surface area contributed by atoms with Crippen molar-refractivity contribution in [1.82, 2.24) is 4.98 Å². The normalized spacial score (nSPS) is 10.2. The third-order valence-corrected chi connectivity index (χ3v) is 2.57. The van der Waals surface area contributed by atoms with E-state index < -0.39 is 0 Å². The Bertz CT molecular complexity index is 587. The van der Waals surface area contributed by atoms with E-state index in [1.54, 1.807) is 18.2 Å². The molecule has 0 saturated carbocycles. The summed E-state index contributed by atoms with van der Waals surface area (Å²) in [6.07, 6.45) is 2.10. The van der Waals surface area contributed by atoms with Crippen LogP contribution >= 0.6 is 0 Å². The number of nitrogens with one attached hydrogen (secondary N) is 1. The molecule has 2 aromatic rings. The van der Waals surface area contributed by atoms with Crippen LogP contribution in [0.5, 0.6) is 5.75 Å². The van der Waals surface area contributed by atoms with Gasteiger partial charge in [-0.25, -0.2) is 9.37 Å². The number of halogens is 1. The summed E-state index contributed by atoms with van der Waals surface area (Å²) in [4.78, 5) is 15.5. The molecule has 0 bridgehead atoms. The number of aromatic nitrogens is 1. The summed E-state index contributed by atoms with van der Waals surface area (Å²) < 4.78 is 12.9. The van der Waals surface area contributed by atoms with Gasteiger partial charge >= 0.3 is 0 Å². The smallest absolute Gasteiger partial charge is 0.225 e. The first kappa shape index (κ1) is 13.0. The van der Waals surface area contributed by atoms with Crippen LogP contribution in [0.3, 0.4) is 0 Å². The molecule has 1 heterocycles. The van der Waals surface area contributed by atoms with E-state index in [1.807, 2.05) is 0 Å². The second kappa shape index (κ2) is 5.95. The molecule has 0 spiro atoms. The van der Waals surface area contributed by atoms with Crippen LogP contribution in [0.1, 0.15) is 12.0 Å². The van der Waals surface area contributed by atoms with Gasteiger partial charge in [-0.3, -0.25) is 4.79 Å². The molecule has 4 nitrogen and oxygen atoms in total. The van der Waals surface area contributed by atoms with Crippen LogP contribution < -0.4 is 5.32 Å². The van der Waals surface area contributed by atoms with Gasteiger partial charge in [0.05, 0.1) is 0 Å². The van der Waals surface area contributed by atoms with Crippen LogP contribution in [0.2, 0.25) is 0 Å². The van der Waals surface area contributed by atoms with E-state index in [1.165, 1.54) is 24.4 Å². The van der Waals surface area contributed by atoms with Gasteiger partial charge in [-0.2, -0.15) is 0 Å². The van der Waals surface area contributed by atoms with Gasteiger partial charge in [0.15, 0.2) is 11.6 Å². The molecule has 2 rings (SSSR count). The van der Waals surface area contributed by atoms with Gasteiger partial charge in [0.25, 0.3) is 0 Å². The van der Waals surface area contributed by atoms with Gasteiger partial charge in [-0.1, -0.05) is 12.1 Å². The first-order chi connectivity index (χ1) is 9.15. The molecule has 1 amide bonds. The molecule has 2 N–H and O–H groups in total. The van der Waals surface area contributed by atoms with Gasteiger partial charge in [-0.15, -0.1) is 0 Å². The zero-order chi connectivity index (χ0) is 13.7. The number of carbonyl (C=O) groups excluding carboxylic acids is 1. The molecule has 0 atom stereocenters. The number of hydrogen-bond donors (Lipinski definition) is 2. The molecule has 0 radical (unpaired) electrons. The zero-order valence-corrected chi connectivity index (χ0v) is 10.1. The summed E-state index contributed by atoms with van der Waals surface area (Å²) in [6.45, 7) is 0. The molecule has 0 saturated heterocycles. The molecule has 1 aromatic carbocycles. The second-order valence-corrected chi connectivity index (χ2v) is 4.05. The number of hydrogen-bond acceptors (Lipinski definition) is 3. The lowest BCUT2D eigenvalue weighted by atomic mass is 10.1. The van der Waals surface area contributed by atoms with E-state index >= 15 is 0 Å². The van der Waals surface area contributed by atoms with Crippen molar-refractivity contribution in [1.29, 1.82) is 0 Å². The van der Waals surface area contributed by atoms with Crippen molar-refractivity contribution in [3.05, 3.63) is 54.0 Å². The van der Waals surface area contributed by atoms with E-state index in [-0.39, 0.29) is 29.7 Å². The highest BCUT2D eigenvalue weighted by Crippen LogP contribution is 2.18. The molecule has 0 unspecified atom stereocenters. The molecular weight excluding hydrogens is 247 g/mol. The number of anilines is 1. The van der Waals surface area contributed by atoms with Gasteiger partial charge in [0.2, 0.25) is 5.91 Å². The van der Waals surface area contributed by atoms with Crippen LogP contribution in [0, 0.1) is 5.82 Å². The summed E-state index contributed by atoms with van der Waals surface area (Å²) >= 11 is 0. The molecule has 0 aliphatic heterocycles. The first-order valence-corrected chi connectivity index (χ1v) is 5.83. The highest BCUT2D eigenvalue weighted by Gasteiger charge is 2.07. The average molecular weight is 260 g/mol. The molecule has 5 heteroatoms. The molecule has 0 fully saturated rings. The highest BCUT2D eigenvalue weighted by atomic mass is 19.1. The van der Waals surface area contributed by atoms with Crippen molar-refractivity contribution in [2.24, 2.45) is 0 Å². The summed E-state index contributed by atoms with van der Waals surface area (Å²) in [7, 11) is 0. The molecule has 0 aliphatic rings. The van der Waals surface area contributed by atoms with Crippen LogP contribution in [0.4, 0.5) is 10.2 Å². The Morgan fingerprint density at radius 1 is 1.32 bits per heavy atom. The third kappa shape index (κ3) is 3.77. The second-order valence-electron chi connectivity index (χ2n) is 4.05. The summed E-state index contributed by atoms with van der Waals surface area (Å²) in [5, 5.41) is 12.0. The summed E-state index contributed by atoms with van der Waals surface area (Å²) in [5.74, 6) is -0.549. The number of aromatic hydroxyl groups is 1. The lowest BCUT2D eigenvalue weighted by molar-refractivity contribution is -0.116. The van der Waals surface area contributed by atoms with Crippen LogP contribution in [0.15, 0.2) is 42.6 Å². The lowest BCUT2D eigenvalue weighted by Gasteiger charge is -2.06. The van der Waals surface area contributed by atoms with Crippen LogP contribution in [0.25, 0.3) is 0 Å². The topological polar surface area (TPSA) is 62.2 Å². The van der Waals surface area contributed by atoms with Crippen molar-refractivity contribution < 1.29 is 14.3 Å². The molecule has 98 valence electrons. The molecule has 1 aromatic heterocycles. The lowest BCUT2D eigenvalue weighted by Crippen LogP contribution is -2.13. The van der Waals surface area contributed by atoms with Crippen molar-refractivity contribution in [3.8, 4) is 5.75 Å². The number of benzene rings is 1. The Labute approximate surface area is 109 Å². The summed E-state index contributed by atoms with van der Waals surface area (Å²) in [6, 6.07) is 9.12. The summed E-state index contributed by atoms with van der Waals surface area (Å²) in [5.41, 5.74) is 0.750. The van der Waals surface area contributed by atoms with Gasteiger partial charge in [-0.05, 0) is 36.2 Å². The third-order valence-electron chi connectivity index (χ3n) is 2.57. The van der Waals surface area contributed by atoms with Crippen LogP contribution in [-0.4, -0.2) is 16.0 Å². The van der Waals surface area contributed by atoms with E-state index in [2.05, 4.69) is 10.3 Å². The van der Waals surface area contributed by atoms with E-state index in [0.29, 0.717) is 6.42 Å². The predicted molar refractivity (Wildman–Crippen MR) is 69.3 cm³/mol. The zero-order valence-electron chi connectivity index (χ0n) is 10.1. The number of rotatable bonds is 4. The van der Waals surface area contributed by atoms with Gasteiger partial charge in [0, 0.05) is 12.6 Å². The largest absolute Gasteiger partial charge is 0.504 e. The Morgan fingerprint density at radius 3 is 2.89 bits per heavy atom. The number of aryl methyl sites for hydroxylation is 1. The molecular formula is C14H13FN2O2. The fraction of sp³-hybridized carbons (Fsp3) is 0.143. The van der Waals surface area contributed by atoms with E-state index in [4.69, 9.17) is 0 Å². The monoisotopic (exact) mass is 260 g/mol. The molecule has 0 aliphatic carbocycles. The Kier molecular flexibility index (Phi) is 4.07. The number of nitrogens with zero attached hydrogens (tertiary/aromatic N) is 1. The van der Waals surface area contributed by atoms with E-state index in [0.717, 1.165) is 5.56 Å². The number of amides is 1. The van der Waals surface area contributed by atoms with Crippen molar-refractivity contribution in [2.45, 2.75) is 12.8 Å². The fourth-order valence-corrected chi connectivity index (χ4v) is 1.64. The van der Waals surface area contributed by atoms with Crippen LogP contribution in [-0.2, 0) is 11.2 Å². The number of carbonyl (C=O) groups is 1. The minimum atomic E-state index is -0.319. The Hall–Kier alpha value is -2.43. The van der Waals surface area contributed by atoms with Gasteiger partial charge < -0.3 is 10.4 Å². The first-order valence-electron chi connectivity index (χ1n) is 5.83. The van der Waals surface area contributed by atoms with Crippen molar-refractivity contribution in [3.63, 3.8) is 0 Å². The average Bonchev–Trinajstić information content (AvgIpc) is 2.39. The van der Waals surface area contributed by atoms with Crippen molar-refractivity contribution >= 4 is 11.7 Å². The highest BCUT2D eigenvalue weighted by molar-refractivity contribution is 5.91. The van der Waals surface area contributed by atoms with Gasteiger partial charge in [0.1, 0.15) is 5.82 Å². The standard InChI is InChI=1S/C14H13FN2O2/c15-11-4-1-3-10(9-11)6-7-13(19)17-14-12(18)5-2-8-16-14/h1-5,8-9,18H,6-7H2,(H,16,17,19). The Balaban J connectivity index is 1.90. The minimum Gasteiger partial charge on any atom is -0.504 e. The SMILES string of the molecule is O=C(CCc1cccc(F)c1)Nc1ncccc1O.